The predicted molar refractivity (Wildman–Crippen MR) is 117 cm³/mol. The van der Waals surface area contributed by atoms with Crippen LogP contribution in [0.2, 0.25) is 0 Å². The van der Waals surface area contributed by atoms with Crippen molar-refractivity contribution in [1.29, 1.82) is 0 Å². The lowest BCUT2D eigenvalue weighted by molar-refractivity contribution is -0.147. The second-order valence-corrected chi connectivity index (χ2v) is 8.36. The van der Waals surface area contributed by atoms with Crippen LogP contribution in [0.5, 0.6) is 0 Å². The van der Waals surface area contributed by atoms with E-state index >= 15 is 0 Å². The molecular weight excluding hydrogens is 432 g/mol. The normalized spacial score (nSPS) is 22.7. The second kappa shape index (κ2) is 8.85. The monoisotopic (exact) mass is 458 g/mol. The Hall–Kier alpha value is -3.41. The maximum atomic E-state index is 12.7. The fourth-order valence-electron chi connectivity index (χ4n) is 4.08. The molecule has 0 fully saturated rings. The van der Waals surface area contributed by atoms with E-state index < -0.39 is 54.6 Å². The molecule has 11 nitrogen and oxygen atoms in total. The molecule has 0 aliphatic carbocycles. The molecule has 1 aromatic carbocycles. The van der Waals surface area contributed by atoms with Gasteiger partial charge in [0.1, 0.15) is 18.3 Å². The van der Waals surface area contributed by atoms with Gasteiger partial charge in [-0.15, -0.1) is 0 Å². The van der Waals surface area contributed by atoms with Crippen molar-refractivity contribution >= 4 is 33.7 Å². The highest BCUT2D eigenvalue weighted by atomic mass is 16.5. The maximum absolute atomic E-state index is 12.7. The van der Waals surface area contributed by atoms with E-state index in [1.165, 1.54) is 6.08 Å². The zero-order valence-corrected chi connectivity index (χ0v) is 18.0. The summed E-state index contributed by atoms with van der Waals surface area (Å²) in [6.07, 6.45) is 0.0816. The number of aliphatic carboxylic acids is 1. The summed E-state index contributed by atoms with van der Waals surface area (Å²) in [5, 5.41) is 47.4. The van der Waals surface area contributed by atoms with Gasteiger partial charge in [-0.1, -0.05) is 13.8 Å². The standard InChI is InChI=1S/C22H26N4O7/c1-10(2)21(30)25-17-14(7-16(22(31)32)33-20(17)19(29)15(28)9-27)26-18-11(8-24-26)3-4-13-12(18)5-6-23-13/h3-8,10,14-15,17,19-20,24,27-29H,9H2,1-2H3,(H,25,30)(H,31,32)/t14-,15+,17+,19+,20+/m0/s1. The van der Waals surface area contributed by atoms with Gasteiger partial charge in [-0.25, -0.2) is 4.79 Å². The molecule has 0 saturated carbocycles. The van der Waals surface area contributed by atoms with Gasteiger partial charge in [-0.2, -0.15) is 0 Å². The molecule has 0 radical (unpaired) electrons. The Bertz CT molecular complexity index is 1210. The van der Waals surface area contributed by atoms with E-state index in [9.17, 15) is 30.0 Å². The van der Waals surface area contributed by atoms with Crippen molar-refractivity contribution in [2.75, 3.05) is 6.61 Å². The van der Waals surface area contributed by atoms with E-state index in [1.807, 2.05) is 18.2 Å². The van der Waals surface area contributed by atoms with E-state index in [-0.39, 0.29) is 5.91 Å². The molecule has 0 spiro atoms. The molecular formula is C22H26N4O7. The number of aromatic nitrogens is 3. The van der Waals surface area contributed by atoms with E-state index in [4.69, 9.17) is 4.74 Å². The Labute approximate surface area is 188 Å². The van der Waals surface area contributed by atoms with Crippen LogP contribution in [0.1, 0.15) is 19.9 Å². The molecule has 5 atom stereocenters. The highest BCUT2D eigenvalue weighted by molar-refractivity contribution is 6.04. The number of aliphatic hydroxyl groups excluding tert-OH is 3. The maximum Gasteiger partial charge on any atom is 0.370 e. The lowest BCUT2D eigenvalue weighted by atomic mass is 9.91. The smallest absolute Gasteiger partial charge is 0.370 e. The van der Waals surface area contributed by atoms with Crippen molar-refractivity contribution in [1.82, 2.24) is 20.1 Å². The van der Waals surface area contributed by atoms with E-state index in [2.05, 4.69) is 15.4 Å². The van der Waals surface area contributed by atoms with Gasteiger partial charge in [0.15, 0.2) is 0 Å². The van der Waals surface area contributed by atoms with Gasteiger partial charge in [0, 0.05) is 29.1 Å². The van der Waals surface area contributed by atoms with Crippen molar-refractivity contribution in [2.45, 2.75) is 44.2 Å². The molecule has 6 N–H and O–H groups in total. The molecule has 1 aliphatic heterocycles. The van der Waals surface area contributed by atoms with Gasteiger partial charge in [0.25, 0.3) is 0 Å². The summed E-state index contributed by atoms with van der Waals surface area (Å²) in [4.78, 5) is 28.8. The highest BCUT2D eigenvalue weighted by Crippen LogP contribution is 2.34. The van der Waals surface area contributed by atoms with Crippen molar-refractivity contribution in [3.05, 3.63) is 42.4 Å². The Morgan fingerprint density at radius 3 is 2.70 bits per heavy atom. The number of nitrogens with one attached hydrogen (secondary N) is 2. The molecule has 1 aliphatic rings. The van der Waals surface area contributed by atoms with Crippen molar-refractivity contribution < 1.29 is 34.8 Å². The third-order valence-corrected chi connectivity index (χ3v) is 5.85. The number of hydrogen-bond donors (Lipinski definition) is 6. The van der Waals surface area contributed by atoms with Crippen LogP contribution in [0.25, 0.3) is 21.8 Å². The molecule has 33 heavy (non-hydrogen) atoms. The minimum Gasteiger partial charge on any atom is -0.478 e. The first-order valence-electron chi connectivity index (χ1n) is 10.5. The third-order valence-electron chi connectivity index (χ3n) is 5.85. The molecule has 176 valence electrons. The van der Waals surface area contributed by atoms with Gasteiger partial charge in [0.05, 0.1) is 29.7 Å². The summed E-state index contributed by atoms with van der Waals surface area (Å²) in [6, 6.07) is 3.73. The number of H-pyrrole nitrogens is 1. The summed E-state index contributed by atoms with van der Waals surface area (Å²) in [5.74, 6) is -2.59. The summed E-state index contributed by atoms with van der Waals surface area (Å²) in [7, 11) is 0. The summed E-state index contributed by atoms with van der Waals surface area (Å²) in [5.41, 5.74) is 1.46. The molecule has 0 saturated heterocycles. The number of carbonyl (C=O) groups is 2. The number of carboxylic acid groups (broad SMARTS) is 1. The molecule has 4 rings (SSSR count). The fourth-order valence-corrected chi connectivity index (χ4v) is 4.08. The largest absolute Gasteiger partial charge is 0.478 e. The Kier molecular flexibility index (Phi) is 6.11. The number of fused-ring (bicyclic) bond motifs is 3. The van der Waals surface area contributed by atoms with Gasteiger partial charge in [-0.05, 0) is 24.3 Å². The number of benzene rings is 1. The SMILES string of the molecule is CC(C)C(=O)N[C@H]1[C@H]([C@H](O)[C@H](O)CO)OC(C(=O)O)=C[C@@H]1n1[nH]cc2ccc3nccc3c21. The first-order chi connectivity index (χ1) is 15.7. The number of nitrogens with zero attached hydrogens (tertiary/aromatic N) is 2. The average molecular weight is 458 g/mol. The van der Waals surface area contributed by atoms with Crippen molar-refractivity contribution in [2.24, 2.45) is 5.92 Å². The van der Waals surface area contributed by atoms with Crippen LogP contribution in [-0.4, -0.2) is 78.0 Å². The zero-order valence-electron chi connectivity index (χ0n) is 18.0. The van der Waals surface area contributed by atoms with Crippen molar-refractivity contribution in [3.8, 4) is 0 Å². The number of rotatable bonds is 7. The van der Waals surface area contributed by atoms with Crippen LogP contribution in [0.15, 0.2) is 42.4 Å². The molecule has 0 unspecified atom stereocenters. The molecule has 0 bridgehead atoms. The predicted octanol–water partition coefficient (Wildman–Crippen LogP) is 0.281. The van der Waals surface area contributed by atoms with Crippen LogP contribution < -0.4 is 5.32 Å². The Morgan fingerprint density at radius 1 is 1.27 bits per heavy atom. The van der Waals surface area contributed by atoms with Crippen LogP contribution in [0.3, 0.4) is 0 Å². The van der Waals surface area contributed by atoms with E-state index in [0.717, 1.165) is 21.8 Å². The number of amides is 1. The van der Waals surface area contributed by atoms with Crippen LogP contribution in [-0.2, 0) is 14.3 Å². The minimum atomic E-state index is -1.68. The second-order valence-electron chi connectivity index (χ2n) is 8.36. The Morgan fingerprint density at radius 2 is 2.03 bits per heavy atom. The topological polar surface area (TPSA) is 170 Å². The lowest BCUT2D eigenvalue weighted by Gasteiger charge is -2.40. The number of carbonyl (C=O) groups excluding carboxylic acids is 1. The molecule has 2 aromatic heterocycles. The quantitative estimate of drug-likeness (QED) is 0.293. The number of ether oxygens (including phenoxy) is 1. The van der Waals surface area contributed by atoms with Gasteiger partial charge >= 0.3 is 5.97 Å². The van der Waals surface area contributed by atoms with Crippen LogP contribution in [0.4, 0.5) is 0 Å². The third kappa shape index (κ3) is 4.06. The summed E-state index contributed by atoms with van der Waals surface area (Å²) < 4.78 is 7.21. The molecule has 1 amide bonds. The lowest BCUT2D eigenvalue weighted by Crippen LogP contribution is -2.59. The average Bonchev–Trinajstić information content (AvgIpc) is 3.44. The van der Waals surface area contributed by atoms with Crippen LogP contribution in [0, 0.1) is 5.92 Å². The number of aliphatic hydroxyl groups is 3. The van der Waals surface area contributed by atoms with Crippen molar-refractivity contribution in [3.63, 3.8) is 0 Å². The number of carboxylic acids is 1. The Balaban J connectivity index is 1.91. The molecule has 11 heteroatoms. The number of hydrogen-bond acceptors (Lipinski definition) is 7. The van der Waals surface area contributed by atoms with Gasteiger partial charge < -0.3 is 35.6 Å². The first kappa shape index (κ1) is 22.8. The molecule has 3 heterocycles. The highest BCUT2D eigenvalue weighted by Gasteiger charge is 2.45. The van der Waals surface area contributed by atoms with Gasteiger partial charge in [-0.3, -0.25) is 14.5 Å². The van der Waals surface area contributed by atoms with Crippen LogP contribution >= 0.6 is 0 Å². The fraction of sp³-hybridized carbons (Fsp3) is 0.409. The summed E-state index contributed by atoms with van der Waals surface area (Å²) in [6.45, 7) is 2.61. The van der Waals surface area contributed by atoms with E-state index in [0.29, 0.717) is 0 Å². The summed E-state index contributed by atoms with van der Waals surface area (Å²) >= 11 is 0. The van der Waals surface area contributed by atoms with E-state index in [1.54, 1.807) is 30.9 Å². The first-order valence-corrected chi connectivity index (χ1v) is 10.5. The minimum absolute atomic E-state index is 0.354. The molecule has 3 aromatic rings. The van der Waals surface area contributed by atoms with Gasteiger partial charge in [0.2, 0.25) is 11.7 Å². The zero-order chi connectivity index (χ0) is 23.9. The number of aromatic amines is 1.